The Morgan fingerprint density at radius 1 is 1.38 bits per heavy atom. The summed E-state index contributed by atoms with van der Waals surface area (Å²) in [7, 11) is 0. The largest absolute Gasteiger partial charge is 0.359 e. The summed E-state index contributed by atoms with van der Waals surface area (Å²) in [4.78, 5) is 4.20. The van der Waals surface area contributed by atoms with E-state index in [1.165, 1.54) is 12.8 Å². The van der Waals surface area contributed by atoms with Crippen molar-refractivity contribution in [2.75, 3.05) is 5.32 Å². The minimum Gasteiger partial charge on any atom is -0.359 e. The zero-order valence-electron chi connectivity index (χ0n) is 7.37. The van der Waals surface area contributed by atoms with E-state index in [0.29, 0.717) is 11.4 Å². The van der Waals surface area contributed by atoms with Gasteiger partial charge in [-0.15, -0.1) is 22.9 Å². The van der Waals surface area contributed by atoms with Gasteiger partial charge in [0.1, 0.15) is 0 Å². The first kappa shape index (κ1) is 9.28. The van der Waals surface area contributed by atoms with E-state index in [1.807, 2.05) is 11.6 Å². The van der Waals surface area contributed by atoms with Gasteiger partial charge in [0.25, 0.3) is 0 Å². The molecule has 0 bridgehead atoms. The topological polar surface area (TPSA) is 24.9 Å². The van der Waals surface area contributed by atoms with Gasteiger partial charge < -0.3 is 5.32 Å². The predicted octanol–water partition coefficient (Wildman–Crippen LogP) is 3.11. The Kier molecular flexibility index (Phi) is 3.06. The van der Waals surface area contributed by atoms with Crippen molar-refractivity contribution in [2.45, 2.75) is 37.1 Å². The van der Waals surface area contributed by atoms with Crippen LogP contribution in [0.3, 0.4) is 0 Å². The third kappa shape index (κ3) is 2.58. The molecule has 2 nitrogen and oxygen atoms in total. The van der Waals surface area contributed by atoms with E-state index in [-0.39, 0.29) is 0 Å². The zero-order valence-corrected chi connectivity index (χ0v) is 8.94. The summed E-state index contributed by atoms with van der Waals surface area (Å²) in [6, 6.07) is 0.584. The van der Waals surface area contributed by atoms with Crippen molar-refractivity contribution < 1.29 is 0 Å². The highest BCUT2D eigenvalue weighted by molar-refractivity contribution is 7.13. The molecule has 1 fully saturated rings. The number of anilines is 1. The van der Waals surface area contributed by atoms with Gasteiger partial charge in [-0.25, -0.2) is 4.98 Å². The van der Waals surface area contributed by atoms with E-state index in [4.69, 9.17) is 11.6 Å². The standard InChI is InChI=1S/C9H13ClN2S/c10-7-1-3-8(4-2-7)12-9-11-5-6-13-9/h5-8H,1-4H2,(H,11,12). The molecule has 4 heteroatoms. The minimum absolute atomic E-state index is 0.398. The van der Waals surface area contributed by atoms with Gasteiger partial charge in [0.15, 0.2) is 5.13 Å². The predicted molar refractivity (Wildman–Crippen MR) is 57.6 cm³/mol. The van der Waals surface area contributed by atoms with Crippen molar-refractivity contribution in [1.29, 1.82) is 0 Å². The van der Waals surface area contributed by atoms with Crippen LogP contribution in [0.2, 0.25) is 0 Å². The maximum absolute atomic E-state index is 6.02. The molecule has 0 aliphatic heterocycles. The maximum atomic E-state index is 6.02. The van der Waals surface area contributed by atoms with Crippen LogP contribution in [0.4, 0.5) is 5.13 Å². The fraction of sp³-hybridized carbons (Fsp3) is 0.667. The second-order valence-corrected chi connectivity index (χ2v) is 4.94. The monoisotopic (exact) mass is 216 g/mol. The van der Waals surface area contributed by atoms with Gasteiger partial charge in [0, 0.05) is 23.0 Å². The van der Waals surface area contributed by atoms with Crippen molar-refractivity contribution in [3.05, 3.63) is 11.6 Å². The summed E-state index contributed by atoms with van der Waals surface area (Å²) in [5.41, 5.74) is 0. The molecule has 0 unspecified atom stereocenters. The number of thiazole rings is 1. The van der Waals surface area contributed by atoms with E-state index >= 15 is 0 Å². The first-order valence-corrected chi connectivity index (χ1v) is 5.96. The van der Waals surface area contributed by atoms with E-state index in [9.17, 15) is 0 Å². The molecule has 2 rings (SSSR count). The van der Waals surface area contributed by atoms with E-state index in [1.54, 1.807) is 11.3 Å². The Hall–Kier alpha value is -0.280. The number of nitrogens with one attached hydrogen (secondary N) is 1. The first-order valence-electron chi connectivity index (χ1n) is 4.64. The van der Waals surface area contributed by atoms with Crippen LogP contribution in [-0.2, 0) is 0 Å². The molecule has 0 atom stereocenters. The average molecular weight is 217 g/mol. The summed E-state index contributed by atoms with van der Waals surface area (Å²) in [6.45, 7) is 0. The van der Waals surface area contributed by atoms with E-state index < -0.39 is 0 Å². The lowest BCUT2D eigenvalue weighted by atomic mass is 9.95. The lowest BCUT2D eigenvalue weighted by Gasteiger charge is -2.25. The van der Waals surface area contributed by atoms with Crippen LogP contribution in [0.25, 0.3) is 0 Å². The third-order valence-corrected chi connectivity index (χ3v) is 3.56. The quantitative estimate of drug-likeness (QED) is 0.769. The SMILES string of the molecule is ClC1CCC(Nc2nccs2)CC1. The van der Waals surface area contributed by atoms with Gasteiger partial charge in [0.05, 0.1) is 0 Å². The molecule has 72 valence electrons. The molecule has 0 spiro atoms. The fourth-order valence-electron chi connectivity index (χ4n) is 1.67. The Morgan fingerprint density at radius 3 is 2.77 bits per heavy atom. The first-order chi connectivity index (χ1) is 6.34. The molecule has 1 aliphatic carbocycles. The van der Waals surface area contributed by atoms with Crippen LogP contribution in [0.15, 0.2) is 11.6 Å². The van der Waals surface area contributed by atoms with Gasteiger partial charge >= 0.3 is 0 Å². The van der Waals surface area contributed by atoms with Crippen LogP contribution in [-0.4, -0.2) is 16.4 Å². The molecule has 0 aromatic carbocycles. The second-order valence-electron chi connectivity index (χ2n) is 3.43. The summed E-state index contributed by atoms with van der Waals surface area (Å²) < 4.78 is 0. The molecule has 0 radical (unpaired) electrons. The Balaban J connectivity index is 1.83. The van der Waals surface area contributed by atoms with Gasteiger partial charge in [-0.1, -0.05) is 0 Å². The van der Waals surface area contributed by atoms with E-state index in [0.717, 1.165) is 18.0 Å². The molecule has 1 N–H and O–H groups in total. The zero-order chi connectivity index (χ0) is 9.10. The summed E-state index contributed by atoms with van der Waals surface area (Å²) in [6.07, 6.45) is 6.44. The van der Waals surface area contributed by atoms with Crippen molar-refractivity contribution in [2.24, 2.45) is 0 Å². The highest BCUT2D eigenvalue weighted by atomic mass is 35.5. The lowest BCUT2D eigenvalue weighted by Crippen LogP contribution is -2.26. The number of halogens is 1. The van der Waals surface area contributed by atoms with Gasteiger partial charge in [-0.2, -0.15) is 0 Å². The van der Waals surface area contributed by atoms with Crippen molar-refractivity contribution in [3.8, 4) is 0 Å². The highest BCUT2D eigenvalue weighted by Gasteiger charge is 2.19. The van der Waals surface area contributed by atoms with Crippen molar-refractivity contribution in [1.82, 2.24) is 4.98 Å². The number of hydrogen-bond donors (Lipinski definition) is 1. The molecule has 1 heterocycles. The van der Waals surface area contributed by atoms with Crippen molar-refractivity contribution in [3.63, 3.8) is 0 Å². The number of rotatable bonds is 2. The highest BCUT2D eigenvalue weighted by Crippen LogP contribution is 2.25. The molecule has 1 aliphatic rings. The number of alkyl halides is 1. The van der Waals surface area contributed by atoms with Gasteiger partial charge in [0.2, 0.25) is 0 Å². The number of hydrogen-bond acceptors (Lipinski definition) is 3. The average Bonchev–Trinajstić information content (AvgIpc) is 2.62. The number of nitrogens with zero attached hydrogens (tertiary/aromatic N) is 1. The smallest absolute Gasteiger partial charge is 0.182 e. The summed E-state index contributed by atoms with van der Waals surface area (Å²) in [5, 5.41) is 6.86. The number of aromatic nitrogens is 1. The van der Waals surface area contributed by atoms with Crippen LogP contribution < -0.4 is 5.32 Å². The van der Waals surface area contributed by atoms with Crippen LogP contribution in [0.5, 0.6) is 0 Å². The molecular formula is C9H13ClN2S. The molecular weight excluding hydrogens is 204 g/mol. The second kappa shape index (κ2) is 4.29. The molecule has 0 amide bonds. The third-order valence-electron chi connectivity index (χ3n) is 2.42. The molecule has 1 aromatic heterocycles. The summed E-state index contributed by atoms with van der Waals surface area (Å²) >= 11 is 7.69. The normalized spacial score (nSPS) is 28.7. The Bertz CT molecular complexity index is 242. The molecule has 1 aromatic rings. The van der Waals surface area contributed by atoms with E-state index in [2.05, 4.69) is 10.3 Å². The van der Waals surface area contributed by atoms with Crippen molar-refractivity contribution >= 4 is 28.1 Å². The fourth-order valence-corrected chi connectivity index (χ4v) is 2.53. The lowest BCUT2D eigenvalue weighted by molar-refractivity contribution is 0.468. The molecule has 0 saturated heterocycles. The van der Waals surface area contributed by atoms with Crippen LogP contribution in [0, 0.1) is 0 Å². The van der Waals surface area contributed by atoms with Crippen LogP contribution >= 0.6 is 22.9 Å². The molecule has 1 saturated carbocycles. The maximum Gasteiger partial charge on any atom is 0.182 e. The minimum atomic E-state index is 0.398. The summed E-state index contributed by atoms with van der Waals surface area (Å²) in [5.74, 6) is 0. The molecule has 13 heavy (non-hydrogen) atoms. The Morgan fingerprint density at radius 2 is 2.15 bits per heavy atom. The van der Waals surface area contributed by atoms with Gasteiger partial charge in [-0.3, -0.25) is 0 Å². The Labute approximate surface area is 87.3 Å². The van der Waals surface area contributed by atoms with Gasteiger partial charge in [-0.05, 0) is 25.7 Å². The van der Waals surface area contributed by atoms with Crippen LogP contribution in [0.1, 0.15) is 25.7 Å².